The van der Waals surface area contributed by atoms with Gasteiger partial charge in [-0.15, -0.1) is 4.80 Å². The lowest BCUT2D eigenvalue weighted by atomic mass is 9.73. The molecule has 4 atom stereocenters. The van der Waals surface area contributed by atoms with Gasteiger partial charge < -0.3 is 9.64 Å². The zero-order valence-corrected chi connectivity index (χ0v) is 18.6. The summed E-state index contributed by atoms with van der Waals surface area (Å²) in [7, 11) is 0. The van der Waals surface area contributed by atoms with Gasteiger partial charge in [0.1, 0.15) is 16.8 Å². The van der Waals surface area contributed by atoms with Crippen LogP contribution in [-0.2, 0) is 6.18 Å². The summed E-state index contributed by atoms with van der Waals surface area (Å²) >= 11 is 6.04. The summed E-state index contributed by atoms with van der Waals surface area (Å²) in [6, 6.07) is 4.11. The molecule has 4 heterocycles. The number of carbonyl (C=O) groups is 1. The smallest absolute Gasteiger partial charge is 0.417 e. The third-order valence-electron chi connectivity index (χ3n) is 7.06. The Balaban J connectivity index is 1.28. The van der Waals surface area contributed by atoms with E-state index in [0.29, 0.717) is 36.5 Å². The minimum Gasteiger partial charge on any atom is -0.471 e. The van der Waals surface area contributed by atoms with E-state index in [-0.39, 0.29) is 34.0 Å². The van der Waals surface area contributed by atoms with Crippen LogP contribution in [0, 0.1) is 18.3 Å². The minimum atomic E-state index is -4.55. The highest BCUT2D eigenvalue weighted by Crippen LogP contribution is 2.71. The maximum absolute atomic E-state index is 13.7. The largest absolute Gasteiger partial charge is 0.471 e. The van der Waals surface area contributed by atoms with Crippen molar-refractivity contribution in [3.63, 3.8) is 0 Å². The monoisotopic (exact) mass is 490 g/mol. The molecule has 1 amide bonds. The van der Waals surface area contributed by atoms with Crippen LogP contribution in [0.25, 0.3) is 5.69 Å². The molecule has 34 heavy (non-hydrogen) atoms. The van der Waals surface area contributed by atoms with Gasteiger partial charge in [0.2, 0.25) is 5.88 Å². The van der Waals surface area contributed by atoms with Gasteiger partial charge in [0, 0.05) is 23.9 Å². The van der Waals surface area contributed by atoms with Crippen LogP contribution in [0.15, 0.2) is 36.8 Å². The summed E-state index contributed by atoms with van der Waals surface area (Å²) in [6.45, 7) is 2.37. The van der Waals surface area contributed by atoms with E-state index in [0.717, 1.165) is 12.5 Å². The van der Waals surface area contributed by atoms with E-state index >= 15 is 0 Å². The van der Waals surface area contributed by atoms with E-state index in [1.807, 2.05) is 0 Å². The van der Waals surface area contributed by atoms with Gasteiger partial charge in [-0.1, -0.05) is 11.6 Å². The van der Waals surface area contributed by atoms with Crippen LogP contribution in [0.3, 0.4) is 0 Å². The summed E-state index contributed by atoms with van der Waals surface area (Å²) in [4.78, 5) is 25.0. The third-order valence-corrected chi connectivity index (χ3v) is 7.33. The van der Waals surface area contributed by atoms with Crippen LogP contribution in [0.4, 0.5) is 13.2 Å². The maximum Gasteiger partial charge on any atom is 0.417 e. The minimum absolute atomic E-state index is 0.0212. The Labute approximate surface area is 196 Å². The van der Waals surface area contributed by atoms with Gasteiger partial charge in [0.15, 0.2) is 5.69 Å². The molecular formula is C22H18ClF3N6O2. The molecular weight excluding hydrogens is 473 g/mol. The van der Waals surface area contributed by atoms with Crippen molar-refractivity contribution >= 4 is 17.5 Å². The summed E-state index contributed by atoms with van der Waals surface area (Å²) < 4.78 is 44.7. The lowest BCUT2D eigenvalue weighted by molar-refractivity contribution is -0.137. The van der Waals surface area contributed by atoms with Crippen molar-refractivity contribution in [2.24, 2.45) is 11.3 Å². The zero-order chi connectivity index (χ0) is 23.8. The number of nitrogens with zero attached hydrogens (tertiary/aromatic N) is 6. The van der Waals surface area contributed by atoms with Crippen LogP contribution in [-0.4, -0.2) is 54.5 Å². The fourth-order valence-corrected chi connectivity index (χ4v) is 5.62. The second kappa shape index (κ2) is 7.14. The lowest BCUT2D eigenvalue weighted by Gasteiger charge is -2.46. The first-order chi connectivity index (χ1) is 16.2. The summed E-state index contributed by atoms with van der Waals surface area (Å²) in [5, 5.41) is 8.04. The molecule has 12 heteroatoms. The molecule has 3 aromatic heterocycles. The molecule has 1 spiro atoms. The average molecular weight is 491 g/mol. The van der Waals surface area contributed by atoms with Gasteiger partial charge in [-0.2, -0.15) is 23.4 Å². The second-order valence-electron chi connectivity index (χ2n) is 9.04. The number of carbonyl (C=O) groups excluding carboxylic acids is 1. The van der Waals surface area contributed by atoms with Crippen LogP contribution in [0.1, 0.15) is 34.6 Å². The van der Waals surface area contributed by atoms with Crippen molar-refractivity contribution in [1.82, 2.24) is 29.9 Å². The normalized spacial score (nSPS) is 27.1. The van der Waals surface area contributed by atoms with Crippen molar-refractivity contribution in [1.29, 1.82) is 0 Å². The van der Waals surface area contributed by atoms with Gasteiger partial charge >= 0.3 is 6.18 Å². The highest BCUT2D eigenvalue weighted by atomic mass is 35.5. The molecule has 176 valence electrons. The van der Waals surface area contributed by atoms with Crippen molar-refractivity contribution in [3.8, 4) is 11.6 Å². The van der Waals surface area contributed by atoms with Gasteiger partial charge in [-0.3, -0.25) is 4.79 Å². The summed E-state index contributed by atoms with van der Waals surface area (Å²) in [6.07, 6.45) is 0.454. The van der Waals surface area contributed by atoms with Crippen LogP contribution >= 0.6 is 11.6 Å². The number of aryl methyl sites for hydroxylation is 1. The SMILES string of the molecule is Cc1ccc(-n2nccn2)c(C(=O)N2CC3CC34CC(Oc3ncc(C(F)(F)F)cc3Cl)C24)n1. The van der Waals surface area contributed by atoms with Gasteiger partial charge in [0.25, 0.3) is 5.91 Å². The molecule has 3 fully saturated rings. The van der Waals surface area contributed by atoms with Crippen molar-refractivity contribution in [3.05, 3.63) is 58.8 Å². The number of halogens is 4. The lowest BCUT2D eigenvalue weighted by Crippen LogP contribution is -2.59. The Bertz CT molecular complexity index is 1300. The molecule has 8 nitrogen and oxygen atoms in total. The molecule has 2 aliphatic carbocycles. The van der Waals surface area contributed by atoms with Crippen molar-refractivity contribution in [2.75, 3.05) is 6.54 Å². The molecule has 0 bridgehead atoms. The number of amides is 1. The number of hydrogen-bond acceptors (Lipinski definition) is 6. The highest BCUT2D eigenvalue weighted by Gasteiger charge is 2.76. The topological polar surface area (TPSA) is 86.0 Å². The van der Waals surface area contributed by atoms with E-state index in [9.17, 15) is 18.0 Å². The van der Waals surface area contributed by atoms with E-state index in [1.54, 1.807) is 24.0 Å². The fraction of sp³-hybridized carbons (Fsp3) is 0.409. The van der Waals surface area contributed by atoms with Crippen LogP contribution in [0.2, 0.25) is 5.02 Å². The van der Waals surface area contributed by atoms with Gasteiger partial charge in [-0.05, 0) is 43.9 Å². The van der Waals surface area contributed by atoms with E-state index < -0.39 is 17.8 Å². The number of hydrogen-bond donors (Lipinski definition) is 0. The Hall–Kier alpha value is -3.21. The average Bonchev–Trinajstić information content (AvgIpc) is 3.14. The first kappa shape index (κ1) is 21.3. The Morgan fingerprint density at radius 2 is 2.00 bits per heavy atom. The summed E-state index contributed by atoms with van der Waals surface area (Å²) in [5.41, 5.74) is 0.427. The van der Waals surface area contributed by atoms with Crippen molar-refractivity contribution < 1.29 is 22.7 Å². The fourth-order valence-electron chi connectivity index (χ4n) is 5.41. The molecule has 6 rings (SSSR count). The highest BCUT2D eigenvalue weighted by molar-refractivity contribution is 6.31. The first-order valence-electron chi connectivity index (χ1n) is 10.7. The Morgan fingerprint density at radius 1 is 1.24 bits per heavy atom. The molecule has 2 saturated carbocycles. The van der Waals surface area contributed by atoms with E-state index in [1.165, 1.54) is 17.2 Å². The van der Waals surface area contributed by atoms with E-state index in [4.69, 9.17) is 16.3 Å². The number of alkyl halides is 3. The Kier molecular flexibility index (Phi) is 4.48. The quantitative estimate of drug-likeness (QED) is 0.554. The van der Waals surface area contributed by atoms with Crippen molar-refractivity contribution in [2.45, 2.75) is 38.1 Å². The van der Waals surface area contributed by atoms with Gasteiger partial charge in [0.05, 0.1) is 24.0 Å². The van der Waals surface area contributed by atoms with Gasteiger partial charge in [-0.25, -0.2) is 9.97 Å². The predicted octanol–water partition coefficient (Wildman–Crippen LogP) is 3.72. The third kappa shape index (κ3) is 3.17. The molecule has 3 aromatic rings. The second-order valence-corrected chi connectivity index (χ2v) is 9.45. The van der Waals surface area contributed by atoms with Crippen LogP contribution in [0.5, 0.6) is 5.88 Å². The number of ether oxygens (including phenoxy) is 1. The Morgan fingerprint density at radius 3 is 2.71 bits per heavy atom. The summed E-state index contributed by atoms with van der Waals surface area (Å²) in [5.74, 6) is 0.0434. The number of aromatic nitrogens is 5. The zero-order valence-electron chi connectivity index (χ0n) is 17.8. The predicted molar refractivity (Wildman–Crippen MR) is 113 cm³/mol. The maximum atomic E-state index is 13.7. The standard InChI is InChI=1S/C22H18ClF3N6O2/c1-11-2-3-15(32-28-4-5-29-32)17(30-11)20(33)31-10-13-7-21(13)8-16(18(21)31)34-19-14(23)6-12(9-27-19)22(24,25)26/h2-6,9,13,16,18H,7-8,10H2,1H3. The molecule has 1 aliphatic heterocycles. The molecule has 0 aromatic carbocycles. The van der Waals surface area contributed by atoms with E-state index in [2.05, 4.69) is 20.2 Å². The molecule has 3 aliphatic rings. The number of piperidine rings is 1. The first-order valence-corrected chi connectivity index (χ1v) is 11.1. The molecule has 0 N–H and O–H groups in total. The number of rotatable bonds is 4. The molecule has 4 unspecified atom stereocenters. The molecule has 0 radical (unpaired) electrons. The molecule has 1 saturated heterocycles. The number of likely N-dealkylation sites (tertiary alicyclic amines) is 1. The van der Waals surface area contributed by atoms with Crippen LogP contribution < -0.4 is 4.74 Å². The number of pyridine rings is 2.